The Bertz CT molecular complexity index is 1140. The molecule has 1 saturated heterocycles. The largest absolute Gasteiger partial charge is 0.387 e. The number of hydrogen-bond acceptors (Lipinski definition) is 8. The summed E-state index contributed by atoms with van der Waals surface area (Å²) in [4.78, 5) is 33.9. The Labute approximate surface area is 199 Å². The lowest BCUT2D eigenvalue weighted by Gasteiger charge is -2.26. The highest BCUT2D eigenvalue weighted by molar-refractivity contribution is 7.70. The average Bonchev–Trinajstić information content (AvgIpc) is 3.45. The van der Waals surface area contributed by atoms with Gasteiger partial charge in [0.2, 0.25) is 0 Å². The van der Waals surface area contributed by atoms with Crippen LogP contribution in [0.15, 0.2) is 12.3 Å². The molecule has 2 aromatic rings. The first-order valence-electron chi connectivity index (χ1n) is 10.6. The van der Waals surface area contributed by atoms with Crippen molar-refractivity contribution >= 4 is 43.5 Å². The lowest BCUT2D eigenvalue weighted by molar-refractivity contribution is -0.0470. The van der Waals surface area contributed by atoms with Gasteiger partial charge in [-0.05, 0) is 12.8 Å². The van der Waals surface area contributed by atoms with Gasteiger partial charge in [-0.1, -0.05) is 24.4 Å². The number of hydrogen-bond donors (Lipinski definition) is 4. The number of pyridine rings is 1. The second kappa shape index (κ2) is 9.72. The second-order valence-corrected chi connectivity index (χ2v) is 13.0. The number of fused-ring (bicyclic) bond motifs is 1. The minimum atomic E-state index is -4.83. The zero-order valence-corrected chi connectivity index (χ0v) is 20.7. The second-order valence-electron chi connectivity index (χ2n) is 8.58. The number of nitrogens with zero attached hydrogens (tertiary/aromatic N) is 4. The molecule has 12 nitrogen and oxygen atoms in total. The standard InChI is InChI=1S/C18H26ClFN4O8P2/c1-23(10-4-2-3-5-10)17-11-7-21-24(12(11)6-14(19)22-17)18-15(20)16(25)13(32-18)8-31-34(29,30)9-33(26,27)28/h6-7,10,13,15-16,18,25H,2-5,8-9H2,1H3,(H,29,30)(H2,26,27,28)/t13-,15+,16-,18-/m1/s1. The van der Waals surface area contributed by atoms with Crippen LogP contribution in [0, 0.1) is 0 Å². The summed E-state index contributed by atoms with van der Waals surface area (Å²) in [5.41, 5.74) is 0.426. The zero-order valence-electron chi connectivity index (χ0n) is 18.1. The Morgan fingerprint density at radius 3 is 2.65 bits per heavy atom. The number of aromatic nitrogens is 3. The smallest absolute Gasteiger partial charge is 0.340 e. The molecule has 2 fully saturated rings. The molecule has 2 aliphatic rings. The molecule has 0 aromatic carbocycles. The average molecular weight is 543 g/mol. The topological polar surface area (TPSA) is 167 Å². The highest BCUT2D eigenvalue weighted by Crippen LogP contribution is 2.55. The first-order chi connectivity index (χ1) is 15.9. The number of halogens is 2. The quantitative estimate of drug-likeness (QED) is 0.285. The lowest BCUT2D eigenvalue weighted by Crippen LogP contribution is -2.31. The van der Waals surface area contributed by atoms with Gasteiger partial charge in [0.25, 0.3) is 0 Å². The summed E-state index contributed by atoms with van der Waals surface area (Å²) in [6.45, 7) is -0.761. The van der Waals surface area contributed by atoms with E-state index in [1.807, 2.05) is 11.9 Å². The van der Waals surface area contributed by atoms with Crippen molar-refractivity contribution in [3.63, 3.8) is 0 Å². The van der Waals surface area contributed by atoms with Crippen LogP contribution in [-0.4, -0.2) is 78.5 Å². The predicted molar refractivity (Wildman–Crippen MR) is 121 cm³/mol. The van der Waals surface area contributed by atoms with E-state index in [1.54, 1.807) is 0 Å². The van der Waals surface area contributed by atoms with Crippen molar-refractivity contribution < 1.29 is 42.6 Å². The van der Waals surface area contributed by atoms with Crippen molar-refractivity contribution in [1.82, 2.24) is 14.8 Å². The van der Waals surface area contributed by atoms with E-state index in [0.29, 0.717) is 22.8 Å². The molecular formula is C18H26ClFN4O8P2. The molecule has 5 atom stereocenters. The van der Waals surface area contributed by atoms with Crippen LogP contribution < -0.4 is 4.90 Å². The molecule has 1 unspecified atom stereocenters. The molecule has 4 rings (SSSR count). The Kier molecular flexibility index (Phi) is 7.42. The van der Waals surface area contributed by atoms with E-state index in [4.69, 9.17) is 26.1 Å². The first kappa shape index (κ1) is 25.9. The van der Waals surface area contributed by atoms with Gasteiger partial charge >= 0.3 is 15.2 Å². The van der Waals surface area contributed by atoms with E-state index < -0.39 is 52.3 Å². The van der Waals surface area contributed by atoms with Crippen molar-refractivity contribution in [2.75, 3.05) is 24.5 Å². The SMILES string of the molecule is CN(c1nc(Cl)cc2c1cnn2[C@@H]1O[C@H](COP(=O)(O)CP(=O)(O)O)[C@@H](O)[C@@H]1F)C1CCCC1. The van der Waals surface area contributed by atoms with E-state index in [0.717, 1.165) is 25.7 Å². The van der Waals surface area contributed by atoms with Gasteiger partial charge in [0, 0.05) is 19.2 Å². The van der Waals surface area contributed by atoms with Crippen LogP contribution in [0.1, 0.15) is 31.9 Å². The fourth-order valence-electron chi connectivity index (χ4n) is 4.43. The maximum Gasteiger partial charge on any atom is 0.340 e. The molecule has 2 aromatic heterocycles. The normalized spacial score (nSPS) is 28.0. The monoisotopic (exact) mass is 542 g/mol. The van der Waals surface area contributed by atoms with Gasteiger partial charge in [-0.25, -0.2) is 14.1 Å². The number of aliphatic hydroxyl groups is 1. The molecule has 0 radical (unpaired) electrons. The molecule has 3 heterocycles. The van der Waals surface area contributed by atoms with E-state index >= 15 is 4.39 Å². The Morgan fingerprint density at radius 1 is 1.32 bits per heavy atom. The molecule has 16 heteroatoms. The van der Waals surface area contributed by atoms with Gasteiger partial charge in [-0.3, -0.25) is 9.13 Å². The number of anilines is 1. The molecule has 1 saturated carbocycles. The summed E-state index contributed by atoms with van der Waals surface area (Å²) in [5, 5.41) is 15.3. The molecular weight excluding hydrogens is 517 g/mol. The summed E-state index contributed by atoms with van der Waals surface area (Å²) >= 11 is 6.25. The van der Waals surface area contributed by atoms with Gasteiger partial charge in [-0.2, -0.15) is 5.10 Å². The molecule has 1 aliphatic heterocycles. The fourth-order valence-corrected chi connectivity index (χ4v) is 7.19. The fraction of sp³-hybridized carbons (Fsp3) is 0.667. The molecule has 1 aliphatic carbocycles. The van der Waals surface area contributed by atoms with Crippen LogP contribution in [0.2, 0.25) is 5.15 Å². The van der Waals surface area contributed by atoms with E-state index in [9.17, 15) is 19.1 Å². The number of alkyl halides is 1. The van der Waals surface area contributed by atoms with E-state index in [1.165, 1.54) is 16.9 Å². The molecule has 0 spiro atoms. The van der Waals surface area contributed by atoms with Crippen LogP contribution in [-0.2, 0) is 18.4 Å². The van der Waals surface area contributed by atoms with Gasteiger partial charge in [0.15, 0.2) is 18.3 Å². The predicted octanol–water partition coefficient (Wildman–Crippen LogP) is 2.40. The Hall–Kier alpha value is -1.14. The number of ether oxygens (including phenoxy) is 1. The van der Waals surface area contributed by atoms with Crippen molar-refractivity contribution in [3.05, 3.63) is 17.4 Å². The third-order valence-corrected chi connectivity index (χ3v) is 9.74. The van der Waals surface area contributed by atoms with Crippen molar-refractivity contribution in [2.45, 2.75) is 56.3 Å². The van der Waals surface area contributed by atoms with Crippen LogP contribution in [0.3, 0.4) is 0 Å². The third-order valence-electron chi connectivity index (χ3n) is 6.09. The van der Waals surface area contributed by atoms with E-state index in [2.05, 4.69) is 14.6 Å². The summed E-state index contributed by atoms with van der Waals surface area (Å²) in [6, 6.07) is 1.80. The highest BCUT2D eigenvalue weighted by atomic mass is 35.5. The van der Waals surface area contributed by atoms with Crippen LogP contribution >= 0.6 is 26.8 Å². The van der Waals surface area contributed by atoms with Crippen LogP contribution in [0.25, 0.3) is 10.9 Å². The maximum absolute atomic E-state index is 15.0. The highest BCUT2D eigenvalue weighted by Gasteiger charge is 2.47. The summed E-state index contributed by atoms with van der Waals surface area (Å²) < 4.78 is 49.3. The minimum Gasteiger partial charge on any atom is -0.387 e. The molecule has 0 bridgehead atoms. The number of aliphatic hydroxyl groups excluding tert-OH is 1. The third kappa shape index (κ3) is 5.48. The molecule has 0 amide bonds. The van der Waals surface area contributed by atoms with Gasteiger partial charge < -0.3 is 33.9 Å². The summed E-state index contributed by atoms with van der Waals surface area (Å²) in [6.07, 6.45) is -0.711. The zero-order chi connectivity index (χ0) is 24.8. The van der Waals surface area contributed by atoms with Gasteiger partial charge in [0.05, 0.1) is 23.7 Å². The lowest BCUT2D eigenvalue weighted by atomic mass is 10.1. The maximum atomic E-state index is 15.0. The molecule has 34 heavy (non-hydrogen) atoms. The van der Waals surface area contributed by atoms with Crippen molar-refractivity contribution in [3.8, 4) is 0 Å². The first-order valence-corrected chi connectivity index (χ1v) is 14.6. The minimum absolute atomic E-state index is 0.168. The summed E-state index contributed by atoms with van der Waals surface area (Å²) in [7, 11) is -7.62. The molecule has 4 N–H and O–H groups in total. The van der Waals surface area contributed by atoms with Gasteiger partial charge in [0.1, 0.15) is 23.2 Å². The Morgan fingerprint density at radius 2 is 2.00 bits per heavy atom. The van der Waals surface area contributed by atoms with Gasteiger partial charge in [-0.15, -0.1) is 0 Å². The molecule has 190 valence electrons. The van der Waals surface area contributed by atoms with Crippen molar-refractivity contribution in [2.24, 2.45) is 0 Å². The van der Waals surface area contributed by atoms with E-state index in [-0.39, 0.29) is 5.15 Å². The van der Waals surface area contributed by atoms with Crippen molar-refractivity contribution in [1.29, 1.82) is 0 Å². The Balaban J connectivity index is 1.56. The number of rotatable bonds is 8. The van der Waals surface area contributed by atoms with Crippen LogP contribution in [0.5, 0.6) is 0 Å². The van der Waals surface area contributed by atoms with Crippen LogP contribution in [0.4, 0.5) is 10.2 Å². The summed E-state index contributed by atoms with van der Waals surface area (Å²) in [5.74, 6) is -0.814.